The van der Waals surface area contributed by atoms with Gasteiger partial charge in [-0.3, -0.25) is 4.72 Å². The summed E-state index contributed by atoms with van der Waals surface area (Å²) >= 11 is 0.782. The van der Waals surface area contributed by atoms with E-state index >= 15 is 0 Å². The molecule has 0 atom stereocenters. The molecule has 78 valence electrons. The summed E-state index contributed by atoms with van der Waals surface area (Å²) in [5.74, 6) is -1.20. The van der Waals surface area contributed by atoms with Crippen molar-refractivity contribution in [2.75, 3.05) is 10.5 Å². The van der Waals surface area contributed by atoms with E-state index in [0.717, 1.165) is 17.5 Å². The molecule has 0 unspecified atom stereocenters. The van der Waals surface area contributed by atoms with Crippen LogP contribution in [0, 0.1) is 0 Å². The number of sulfonamides is 1. The molecule has 0 saturated heterocycles. The summed E-state index contributed by atoms with van der Waals surface area (Å²) in [6.07, 6.45) is 1.11. The van der Waals surface area contributed by atoms with Crippen molar-refractivity contribution in [1.29, 1.82) is 0 Å². The van der Waals surface area contributed by atoms with E-state index in [2.05, 4.69) is 9.71 Å². The quantitative estimate of drug-likeness (QED) is 0.798. The van der Waals surface area contributed by atoms with Gasteiger partial charge in [-0.05, 0) is 6.92 Å². The highest BCUT2D eigenvalue weighted by Gasteiger charge is 2.12. The fraction of sp³-hybridized carbons (Fsp3) is 0.333. The van der Waals surface area contributed by atoms with Crippen LogP contribution in [0.2, 0.25) is 0 Å². The van der Waals surface area contributed by atoms with Crippen molar-refractivity contribution in [1.82, 2.24) is 4.98 Å². The van der Waals surface area contributed by atoms with Crippen LogP contribution in [0.5, 0.6) is 0 Å². The molecule has 8 heteroatoms. The number of carbonyl (C=O) groups is 1. The van der Waals surface area contributed by atoms with Crippen LogP contribution in [0.25, 0.3) is 0 Å². The first-order valence-corrected chi connectivity index (χ1v) is 6.11. The summed E-state index contributed by atoms with van der Waals surface area (Å²) in [4.78, 5) is 14.1. The Morgan fingerprint density at radius 2 is 2.36 bits per heavy atom. The Hall–Kier alpha value is -1.15. The number of anilines is 1. The zero-order valence-electron chi connectivity index (χ0n) is 7.22. The molecular formula is C6H8N2O4S2. The Morgan fingerprint density at radius 3 is 2.79 bits per heavy atom. The lowest BCUT2D eigenvalue weighted by molar-refractivity contribution is 0.0702. The van der Waals surface area contributed by atoms with E-state index in [1.807, 2.05) is 0 Å². The van der Waals surface area contributed by atoms with E-state index in [1.54, 1.807) is 0 Å². The lowest BCUT2D eigenvalue weighted by atomic mass is 10.6. The predicted molar refractivity (Wildman–Crippen MR) is 52.2 cm³/mol. The SMILES string of the molecule is CCS(=O)(=O)Nc1ncc(C(=O)O)s1. The largest absolute Gasteiger partial charge is 0.477 e. The first kappa shape index (κ1) is 10.9. The molecule has 14 heavy (non-hydrogen) atoms. The summed E-state index contributed by atoms with van der Waals surface area (Å²) in [5.41, 5.74) is 0. The van der Waals surface area contributed by atoms with Crippen molar-refractivity contribution >= 4 is 32.5 Å². The summed E-state index contributed by atoms with van der Waals surface area (Å²) in [5, 5.41) is 8.62. The van der Waals surface area contributed by atoms with E-state index in [9.17, 15) is 13.2 Å². The molecule has 0 amide bonds. The summed E-state index contributed by atoms with van der Waals surface area (Å²) in [6, 6.07) is 0. The first-order chi connectivity index (χ1) is 6.44. The number of carboxylic acids is 1. The van der Waals surface area contributed by atoms with Crippen molar-refractivity contribution in [3.8, 4) is 0 Å². The summed E-state index contributed by atoms with van der Waals surface area (Å²) < 4.78 is 24.3. The van der Waals surface area contributed by atoms with Crippen LogP contribution in [-0.2, 0) is 10.0 Å². The number of aromatic nitrogens is 1. The second kappa shape index (κ2) is 3.93. The maximum Gasteiger partial charge on any atom is 0.347 e. The number of carboxylic acid groups (broad SMARTS) is 1. The van der Waals surface area contributed by atoms with Gasteiger partial charge in [-0.25, -0.2) is 18.2 Å². The smallest absolute Gasteiger partial charge is 0.347 e. The number of nitrogens with zero attached hydrogens (tertiary/aromatic N) is 1. The monoisotopic (exact) mass is 236 g/mol. The molecule has 0 aliphatic rings. The molecule has 0 aliphatic heterocycles. The van der Waals surface area contributed by atoms with Gasteiger partial charge in [-0.2, -0.15) is 0 Å². The van der Waals surface area contributed by atoms with Crippen molar-refractivity contribution in [3.63, 3.8) is 0 Å². The molecule has 0 bridgehead atoms. The molecule has 2 N–H and O–H groups in total. The molecule has 0 spiro atoms. The molecular weight excluding hydrogens is 228 g/mol. The number of aromatic carboxylic acids is 1. The normalized spacial score (nSPS) is 11.2. The Balaban J connectivity index is 2.84. The first-order valence-electron chi connectivity index (χ1n) is 3.64. The average Bonchev–Trinajstić information content (AvgIpc) is 2.52. The molecule has 0 radical (unpaired) electrons. The Kier molecular flexibility index (Phi) is 3.06. The number of hydrogen-bond donors (Lipinski definition) is 2. The molecule has 1 aromatic rings. The van der Waals surface area contributed by atoms with Crippen LogP contribution in [0.15, 0.2) is 6.20 Å². The fourth-order valence-electron chi connectivity index (χ4n) is 0.625. The Labute approximate surface area is 84.7 Å². The van der Waals surface area contributed by atoms with E-state index in [1.165, 1.54) is 6.92 Å². The van der Waals surface area contributed by atoms with Crippen LogP contribution >= 0.6 is 11.3 Å². The fourth-order valence-corrected chi connectivity index (χ4v) is 2.14. The standard InChI is InChI=1S/C6H8N2O4S2/c1-2-14(11,12)8-6-7-3-4(13-6)5(9)10/h3H,2H2,1H3,(H,7,8)(H,9,10). The lowest BCUT2D eigenvalue weighted by Crippen LogP contribution is -2.14. The molecule has 0 aromatic carbocycles. The van der Waals surface area contributed by atoms with Gasteiger partial charge < -0.3 is 5.11 Å². The van der Waals surface area contributed by atoms with Crippen LogP contribution < -0.4 is 4.72 Å². The topological polar surface area (TPSA) is 96.4 Å². The Morgan fingerprint density at radius 1 is 1.71 bits per heavy atom. The van der Waals surface area contributed by atoms with E-state index in [-0.39, 0.29) is 15.8 Å². The summed E-state index contributed by atoms with van der Waals surface area (Å²) in [7, 11) is -3.38. The Bertz CT molecular complexity index is 436. The predicted octanol–water partition coefficient (Wildman–Crippen LogP) is 0.603. The number of hydrogen-bond acceptors (Lipinski definition) is 5. The van der Waals surface area contributed by atoms with Gasteiger partial charge in [0.15, 0.2) is 5.13 Å². The number of thiazole rings is 1. The molecule has 0 fully saturated rings. The van der Waals surface area contributed by atoms with Crippen LogP contribution in [0.3, 0.4) is 0 Å². The van der Waals surface area contributed by atoms with Crippen molar-refractivity contribution in [3.05, 3.63) is 11.1 Å². The molecule has 6 nitrogen and oxygen atoms in total. The zero-order valence-corrected chi connectivity index (χ0v) is 8.85. The average molecular weight is 236 g/mol. The van der Waals surface area contributed by atoms with Gasteiger partial charge >= 0.3 is 5.97 Å². The third-order valence-electron chi connectivity index (χ3n) is 1.34. The summed E-state index contributed by atoms with van der Waals surface area (Å²) in [6.45, 7) is 1.48. The number of nitrogens with one attached hydrogen (secondary N) is 1. The molecule has 1 heterocycles. The van der Waals surface area contributed by atoms with E-state index < -0.39 is 16.0 Å². The van der Waals surface area contributed by atoms with Gasteiger partial charge in [0.05, 0.1) is 11.9 Å². The maximum atomic E-state index is 11.1. The third kappa shape index (κ3) is 2.67. The molecule has 0 saturated carbocycles. The third-order valence-corrected chi connectivity index (χ3v) is 3.63. The van der Waals surface area contributed by atoms with Crippen LogP contribution in [0.1, 0.15) is 16.6 Å². The van der Waals surface area contributed by atoms with Gasteiger partial charge in [0.25, 0.3) is 0 Å². The highest BCUT2D eigenvalue weighted by atomic mass is 32.2. The van der Waals surface area contributed by atoms with Crippen LogP contribution in [-0.4, -0.2) is 30.2 Å². The van der Waals surface area contributed by atoms with E-state index in [0.29, 0.717) is 0 Å². The highest BCUT2D eigenvalue weighted by Crippen LogP contribution is 2.18. The maximum absolute atomic E-state index is 11.1. The second-order valence-electron chi connectivity index (χ2n) is 2.34. The van der Waals surface area contributed by atoms with Crippen molar-refractivity contribution in [2.24, 2.45) is 0 Å². The lowest BCUT2D eigenvalue weighted by Gasteiger charge is -1.99. The van der Waals surface area contributed by atoms with E-state index in [4.69, 9.17) is 5.11 Å². The van der Waals surface area contributed by atoms with Crippen molar-refractivity contribution < 1.29 is 18.3 Å². The minimum absolute atomic E-state index is 0.00111. The van der Waals surface area contributed by atoms with Crippen molar-refractivity contribution in [2.45, 2.75) is 6.92 Å². The van der Waals surface area contributed by atoms with Gasteiger partial charge in [0.1, 0.15) is 4.88 Å². The minimum Gasteiger partial charge on any atom is -0.477 e. The number of rotatable bonds is 4. The van der Waals surface area contributed by atoms with Gasteiger partial charge in [0.2, 0.25) is 10.0 Å². The molecule has 1 aromatic heterocycles. The van der Waals surface area contributed by atoms with Gasteiger partial charge in [-0.1, -0.05) is 11.3 Å². The van der Waals surface area contributed by atoms with Gasteiger partial charge in [-0.15, -0.1) is 0 Å². The van der Waals surface area contributed by atoms with Gasteiger partial charge in [0, 0.05) is 0 Å². The highest BCUT2D eigenvalue weighted by molar-refractivity contribution is 7.92. The molecule has 1 rings (SSSR count). The second-order valence-corrected chi connectivity index (χ2v) is 5.38. The zero-order chi connectivity index (χ0) is 10.8. The molecule has 0 aliphatic carbocycles. The minimum atomic E-state index is -3.38. The van der Waals surface area contributed by atoms with Crippen LogP contribution in [0.4, 0.5) is 5.13 Å².